The first-order chi connectivity index (χ1) is 9.74. The highest BCUT2D eigenvalue weighted by molar-refractivity contribution is 9.10. The highest BCUT2D eigenvalue weighted by Gasteiger charge is 2.14. The third kappa shape index (κ3) is 3.60. The zero-order chi connectivity index (χ0) is 14.4. The van der Waals surface area contributed by atoms with E-state index in [1.807, 2.05) is 48.5 Å². The standard InChI is InChI=1S/C16H15BrN2O/c1-20-11-12-5-2-3-8-15(12)16(10-18)19-14-7-4-6-13(17)9-14/h2-9,16,19H,11H2,1H3. The van der Waals surface area contributed by atoms with Crippen LogP contribution in [0.1, 0.15) is 17.2 Å². The van der Waals surface area contributed by atoms with Crippen LogP contribution >= 0.6 is 15.9 Å². The van der Waals surface area contributed by atoms with E-state index in [2.05, 4.69) is 27.3 Å². The third-order valence-corrected chi connectivity index (χ3v) is 3.42. The molecule has 0 aliphatic rings. The van der Waals surface area contributed by atoms with E-state index in [1.54, 1.807) is 7.11 Å². The van der Waals surface area contributed by atoms with Crippen LogP contribution < -0.4 is 5.32 Å². The second kappa shape index (κ2) is 7.09. The minimum absolute atomic E-state index is 0.407. The van der Waals surface area contributed by atoms with Crippen molar-refractivity contribution < 1.29 is 4.74 Å². The predicted octanol–water partition coefficient (Wildman–Crippen LogP) is 4.27. The number of methoxy groups -OCH3 is 1. The number of benzene rings is 2. The number of halogens is 1. The zero-order valence-electron chi connectivity index (χ0n) is 11.1. The molecule has 2 rings (SSSR count). The molecule has 0 radical (unpaired) electrons. The van der Waals surface area contributed by atoms with E-state index in [-0.39, 0.29) is 0 Å². The van der Waals surface area contributed by atoms with Gasteiger partial charge in [0.25, 0.3) is 0 Å². The summed E-state index contributed by atoms with van der Waals surface area (Å²) in [6, 6.07) is 17.5. The molecule has 0 bridgehead atoms. The van der Waals surface area contributed by atoms with Crippen LogP contribution in [-0.2, 0) is 11.3 Å². The molecule has 1 N–H and O–H groups in total. The smallest absolute Gasteiger partial charge is 0.140 e. The van der Waals surface area contributed by atoms with Crippen molar-refractivity contribution in [1.82, 2.24) is 0 Å². The number of rotatable bonds is 5. The normalized spacial score (nSPS) is 11.7. The number of nitrogens with zero attached hydrogens (tertiary/aromatic N) is 1. The molecule has 0 heterocycles. The molecule has 2 aromatic carbocycles. The zero-order valence-corrected chi connectivity index (χ0v) is 12.7. The van der Waals surface area contributed by atoms with E-state index >= 15 is 0 Å². The molecule has 0 saturated heterocycles. The summed E-state index contributed by atoms with van der Waals surface area (Å²) in [6.07, 6.45) is 0. The van der Waals surface area contributed by atoms with Crippen molar-refractivity contribution >= 4 is 21.6 Å². The van der Waals surface area contributed by atoms with Gasteiger partial charge in [-0.25, -0.2) is 0 Å². The number of hydrogen-bond acceptors (Lipinski definition) is 3. The van der Waals surface area contributed by atoms with Gasteiger partial charge in [-0.2, -0.15) is 5.26 Å². The number of nitriles is 1. The van der Waals surface area contributed by atoms with Crippen molar-refractivity contribution in [2.45, 2.75) is 12.6 Å². The quantitative estimate of drug-likeness (QED) is 0.890. The molecule has 0 saturated carbocycles. The average Bonchev–Trinajstić information content (AvgIpc) is 2.46. The molecule has 20 heavy (non-hydrogen) atoms. The van der Waals surface area contributed by atoms with Gasteiger partial charge in [0.05, 0.1) is 12.7 Å². The third-order valence-electron chi connectivity index (χ3n) is 2.93. The summed E-state index contributed by atoms with van der Waals surface area (Å²) in [6.45, 7) is 0.495. The Morgan fingerprint density at radius 1 is 1.25 bits per heavy atom. The minimum Gasteiger partial charge on any atom is -0.380 e. The van der Waals surface area contributed by atoms with Gasteiger partial charge in [-0.3, -0.25) is 0 Å². The molecule has 3 nitrogen and oxygen atoms in total. The Labute approximate surface area is 127 Å². The highest BCUT2D eigenvalue weighted by Crippen LogP contribution is 2.24. The van der Waals surface area contributed by atoms with Gasteiger partial charge in [-0.15, -0.1) is 0 Å². The molecule has 1 atom stereocenters. The van der Waals surface area contributed by atoms with E-state index in [9.17, 15) is 5.26 Å². The molecular weight excluding hydrogens is 316 g/mol. The van der Waals surface area contributed by atoms with Crippen molar-refractivity contribution in [2.24, 2.45) is 0 Å². The number of ether oxygens (including phenoxy) is 1. The van der Waals surface area contributed by atoms with E-state index in [0.29, 0.717) is 6.61 Å². The highest BCUT2D eigenvalue weighted by atomic mass is 79.9. The fraction of sp³-hybridized carbons (Fsp3) is 0.188. The molecule has 1 unspecified atom stereocenters. The van der Waals surface area contributed by atoms with E-state index < -0.39 is 6.04 Å². The van der Waals surface area contributed by atoms with E-state index in [4.69, 9.17) is 4.74 Å². The van der Waals surface area contributed by atoms with Gasteiger partial charge in [0.2, 0.25) is 0 Å². The lowest BCUT2D eigenvalue weighted by atomic mass is 10.0. The molecule has 0 spiro atoms. The van der Waals surface area contributed by atoms with Crippen LogP contribution in [0.5, 0.6) is 0 Å². The van der Waals surface area contributed by atoms with Gasteiger partial charge in [-0.1, -0.05) is 46.3 Å². The van der Waals surface area contributed by atoms with E-state index in [1.165, 1.54) is 0 Å². The maximum absolute atomic E-state index is 9.44. The Morgan fingerprint density at radius 3 is 2.75 bits per heavy atom. The van der Waals surface area contributed by atoms with Crippen molar-refractivity contribution in [1.29, 1.82) is 5.26 Å². The molecule has 102 valence electrons. The molecule has 2 aromatic rings. The second-order valence-electron chi connectivity index (χ2n) is 4.35. The summed E-state index contributed by atoms with van der Waals surface area (Å²) >= 11 is 3.43. The maximum atomic E-state index is 9.44. The van der Waals surface area contributed by atoms with Gasteiger partial charge >= 0.3 is 0 Å². The summed E-state index contributed by atoms with van der Waals surface area (Å²) < 4.78 is 6.16. The fourth-order valence-electron chi connectivity index (χ4n) is 2.03. The number of hydrogen-bond donors (Lipinski definition) is 1. The van der Waals surface area contributed by atoms with E-state index in [0.717, 1.165) is 21.3 Å². The molecule has 0 fully saturated rings. The second-order valence-corrected chi connectivity index (χ2v) is 5.26. The summed E-state index contributed by atoms with van der Waals surface area (Å²) in [5.74, 6) is 0. The summed E-state index contributed by atoms with van der Waals surface area (Å²) in [5, 5.41) is 12.7. The Kier molecular flexibility index (Phi) is 5.16. The lowest BCUT2D eigenvalue weighted by Crippen LogP contribution is -2.11. The topological polar surface area (TPSA) is 45.0 Å². The van der Waals surface area contributed by atoms with Gasteiger partial charge in [-0.05, 0) is 29.3 Å². The number of anilines is 1. The SMILES string of the molecule is COCc1ccccc1C(C#N)Nc1cccc(Br)c1. The van der Waals surface area contributed by atoms with Crippen molar-refractivity contribution in [3.05, 3.63) is 64.1 Å². The molecule has 0 aromatic heterocycles. The Bertz CT molecular complexity index is 622. The summed E-state index contributed by atoms with van der Waals surface area (Å²) in [4.78, 5) is 0. The maximum Gasteiger partial charge on any atom is 0.140 e. The van der Waals surface area contributed by atoms with Crippen LogP contribution in [0.3, 0.4) is 0 Å². The van der Waals surface area contributed by atoms with Gasteiger partial charge in [0.1, 0.15) is 6.04 Å². The first kappa shape index (κ1) is 14.6. The van der Waals surface area contributed by atoms with Crippen LogP contribution in [-0.4, -0.2) is 7.11 Å². The summed E-state index contributed by atoms with van der Waals surface area (Å²) in [7, 11) is 1.65. The van der Waals surface area contributed by atoms with Gasteiger partial charge in [0, 0.05) is 17.3 Å². The van der Waals surface area contributed by atoms with Gasteiger partial charge < -0.3 is 10.1 Å². The lowest BCUT2D eigenvalue weighted by molar-refractivity contribution is 0.184. The molecule has 4 heteroatoms. The Hall–Kier alpha value is -1.83. The van der Waals surface area contributed by atoms with Crippen LogP contribution in [0.4, 0.5) is 5.69 Å². The Morgan fingerprint density at radius 2 is 2.05 bits per heavy atom. The fourth-order valence-corrected chi connectivity index (χ4v) is 2.43. The first-order valence-corrected chi connectivity index (χ1v) is 7.02. The van der Waals surface area contributed by atoms with Crippen molar-refractivity contribution in [3.63, 3.8) is 0 Å². The van der Waals surface area contributed by atoms with Crippen LogP contribution in [0, 0.1) is 11.3 Å². The predicted molar refractivity (Wildman–Crippen MR) is 83.3 cm³/mol. The van der Waals surface area contributed by atoms with Crippen LogP contribution in [0.15, 0.2) is 53.0 Å². The average molecular weight is 331 g/mol. The minimum atomic E-state index is -0.407. The monoisotopic (exact) mass is 330 g/mol. The van der Waals surface area contributed by atoms with Gasteiger partial charge in [0.15, 0.2) is 0 Å². The summed E-state index contributed by atoms with van der Waals surface area (Å²) in [5.41, 5.74) is 2.86. The number of nitrogens with one attached hydrogen (secondary N) is 1. The van der Waals surface area contributed by atoms with Crippen LogP contribution in [0.2, 0.25) is 0 Å². The van der Waals surface area contributed by atoms with Crippen molar-refractivity contribution in [3.8, 4) is 6.07 Å². The molecule has 0 aliphatic heterocycles. The Balaban J connectivity index is 2.27. The van der Waals surface area contributed by atoms with Crippen LogP contribution in [0.25, 0.3) is 0 Å². The first-order valence-electron chi connectivity index (χ1n) is 6.23. The molecular formula is C16H15BrN2O. The van der Waals surface area contributed by atoms with Crippen molar-refractivity contribution in [2.75, 3.05) is 12.4 Å². The molecule has 0 aliphatic carbocycles. The lowest BCUT2D eigenvalue weighted by Gasteiger charge is -2.17. The molecule has 0 amide bonds. The largest absolute Gasteiger partial charge is 0.380 e.